The van der Waals surface area contributed by atoms with Gasteiger partial charge in [0.2, 0.25) is 10.0 Å². The fourth-order valence-corrected chi connectivity index (χ4v) is 2.73. The van der Waals surface area contributed by atoms with Crippen molar-refractivity contribution in [2.45, 2.75) is 23.8 Å². The molecule has 0 aliphatic carbocycles. The summed E-state index contributed by atoms with van der Waals surface area (Å²) in [5.74, 6) is 0. The topological polar surface area (TPSA) is 104 Å². The zero-order valence-electron chi connectivity index (χ0n) is 9.79. The van der Waals surface area contributed by atoms with Gasteiger partial charge in [-0.1, -0.05) is 6.92 Å². The molecule has 0 unspecified atom stereocenters. The highest BCUT2D eigenvalue weighted by Crippen LogP contribution is 2.15. The molecule has 1 aromatic heterocycles. The van der Waals surface area contributed by atoms with E-state index in [0.717, 1.165) is 0 Å². The maximum Gasteiger partial charge on any atom is 0.244 e. The lowest BCUT2D eigenvalue weighted by atomic mass is 10.0. The van der Waals surface area contributed by atoms with Crippen molar-refractivity contribution in [3.05, 3.63) is 12.4 Å². The molecule has 0 saturated heterocycles. The van der Waals surface area contributed by atoms with E-state index in [0.29, 0.717) is 0 Å². The Morgan fingerprint density at radius 3 is 2.41 bits per heavy atom. The molecule has 0 aliphatic heterocycles. The molecule has 0 bridgehead atoms. The van der Waals surface area contributed by atoms with Gasteiger partial charge in [0.15, 0.2) is 0 Å². The molecule has 0 aliphatic rings. The molecule has 98 valence electrons. The summed E-state index contributed by atoms with van der Waals surface area (Å²) in [5, 5.41) is 22.1. The van der Waals surface area contributed by atoms with Gasteiger partial charge in [0, 0.05) is 13.2 Å². The van der Waals surface area contributed by atoms with E-state index in [9.17, 15) is 18.6 Å². The van der Waals surface area contributed by atoms with Gasteiger partial charge in [0.05, 0.1) is 24.9 Å². The molecule has 1 aromatic rings. The van der Waals surface area contributed by atoms with Crippen LogP contribution >= 0.6 is 0 Å². The van der Waals surface area contributed by atoms with Crippen molar-refractivity contribution in [2.24, 2.45) is 7.05 Å². The monoisotopic (exact) mass is 263 g/mol. The first-order chi connectivity index (χ1) is 7.89. The molecule has 0 amide bonds. The van der Waals surface area contributed by atoms with Gasteiger partial charge in [0.1, 0.15) is 4.90 Å². The number of aliphatic hydroxyl groups is 2. The van der Waals surface area contributed by atoms with E-state index in [-0.39, 0.29) is 11.3 Å². The van der Waals surface area contributed by atoms with E-state index in [2.05, 4.69) is 9.82 Å². The number of nitrogens with one attached hydrogen (secondary N) is 1. The Kier molecular flexibility index (Phi) is 4.26. The molecular formula is C9H17N3O4S. The summed E-state index contributed by atoms with van der Waals surface area (Å²) in [6.45, 7) is 0.733. The van der Waals surface area contributed by atoms with Crippen molar-refractivity contribution < 1.29 is 18.6 Å². The Morgan fingerprint density at radius 1 is 1.47 bits per heavy atom. The largest absolute Gasteiger partial charge is 0.394 e. The fourth-order valence-electron chi connectivity index (χ4n) is 1.29. The Labute approximate surface area is 100 Å². The molecule has 1 heterocycles. The number of hydrogen-bond acceptors (Lipinski definition) is 5. The van der Waals surface area contributed by atoms with Gasteiger partial charge in [-0.15, -0.1) is 0 Å². The summed E-state index contributed by atoms with van der Waals surface area (Å²) < 4.78 is 27.6. The zero-order valence-corrected chi connectivity index (χ0v) is 10.6. The second kappa shape index (κ2) is 5.13. The summed E-state index contributed by atoms with van der Waals surface area (Å²) in [5.41, 5.74) is -1.24. The number of rotatable bonds is 6. The Morgan fingerprint density at radius 2 is 2.06 bits per heavy atom. The zero-order chi connectivity index (χ0) is 13.1. The highest BCUT2D eigenvalue weighted by atomic mass is 32.2. The van der Waals surface area contributed by atoms with Crippen LogP contribution in [0, 0.1) is 0 Å². The third kappa shape index (κ3) is 3.03. The van der Waals surface area contributed by atoms with Crippen LogP contribution in [0.15, 0.2) is 17.3 Å². The van der Waals surface area contributed by atoms with E-state index in [1.807, 2.05) is 0 Å². The molecule has 1 rings (SSSR count). The van der Waals surface area contributed by atoms with Gasteiger partial charge in [-0.2, -0.15) is 5.10 Å². The third-order valence-corrected chi connectivity index (χ3v) is 4.16. The van der Waals surface area contributed by atoms with Crippen LogP contribution in [0.5, 0.6) is 0 Å². The number of aromatic nitrogens is 2. The molecule has 0 fully saturated rings. The molecule has 0 radical (unpaired) electrons. The van der Waals surface area contributed by atoms with Gasteiger partial charge in [-0.25, -0.2) is 13.1 Å². The van der Waals surface area contributed by atoms with Crippen molar-refractivity contribution in [1.29, 1.82) is 0 Å². The van der Waals surface area contributed by atoms with Crippen LogP contribution in [-0.4, -0.2) is 47.2 Å². The van der Waals surface area contributed by atoms with Crippen LogP contribution in [0.25, 0.3) is 0 Å². The molecule has 0 aromatic carbocycles. The first-order valence-corrected chi connectivity index (χ1v) is 6.62. The molecule has 0 saturated carbocycles. The van der Waals surface area contributed by atoms with Gasteiger partial charge in [-0.3, -0.25) is 4.68 Å². The lowest BCUT2D eigenvalue weighted by Crippen LogP contribution is -2.53. The second-order valence-electron chi connectivity index (χ2n) is 3.91. The van der Waals surface area contributed by atoms with Crippen LogP contribution in [0.4, 0.5) is 0 Å². The van der Waals surface area contributed by atoms with E-state index >= 15 is 0 Å². The minimum Gasteiger partial charge on any atom is -0.394 e. The van der Waals surface area contributed by atoms with Crippen molar-refractivity contribution in [3.63, 3.8) is 0 Å². The average Bonchev–Trinajstić information content (AvgIpc) is 2.74. The smallest absolute Gasteiger partial charge is 0.244 e. The van der Waals surface area contributed by atoms with E-state index in [1.165, 1.54) is 17.1 Å². The average molecular weight is 263 g/mol. The van der Waals surface area contributed by atoms with Gasteiger partial charge in [-0.05, 0) is 6.42 Å². The predicted molar refractivity (Wildman–Crippen MR) is 60.7 cm³/mol. The molecular weight excluding hydrogens is 246 g/mol. The number of sulfonamides is 1. The van der Waals surface area contributed by atoms with Crippen molar-refractivity contribution in [3.8, 4) is 0 Å². The van der Waals surface area contributed by atoms with Crippen molar-refractivity contribution in [1.82, 2.24) is 14.5 Å². The maximum absolute atomic E-state index is 12.0. The number of aryl methyl sites for hydroxylation is 1. The van der Waals surface area contributed by atoms with Crippen LogP contribution in [-0.2, 0) is 17.1 Å². The van der Waals surface area contributed by atoms with E-state index in [1.54, 1.807) is 14.0 Å². The SMILES string of the molecule is CCC(CO)(CO)NS(=O)(=O)c1cnn(C)c1. The van der Waals surface area contributed by atoms with Crippen LogP contribution in [0.3, 0.4) is 0 Å². The Balaban J connectivity index is 3.00. The van der Waals surface area contributed by atoms with E-state index < -0.39 is 28.8 Å². The number of aliphatic hydroxyl groups excluding tert-OH is 2. The minimum absolute atomic E-state index is 0.000255. The minimum atomic E-state index is -3.79. The lowest BCUT2D eigenvalue weighted by Gasteiger charge is -2.28. The lowest BCUT2D eigenvalue weighted by molar-refractivity contribution is 0.105. The first kappa shape index (κ1) is 14.1. The molecule has 17 heavy (non-hydrogen) atoms. The summed E-state index contributed by atoms with van der Waals surface area (Å²) in [7, 11) is -2.19. The summed E-state index contributed by atoms with van der Waals surface area (Å²) in [6.07, 6.45) is 2.83. The summed E-state index contributed by atoms with van der Waals surface area (Å²) in [4.78, 5) is -0.000255. The van der Waals surface area contributed by atoms with Gasteiger partial charge >= 0.3 is 0 Å². The predicted octanol–water partition coefficient (Wildman–Crippen LogP) is -1.17. The van der Waals surface area contributed by atoms with Crippen LogP contribution in [0.2, 0.25) is 0 Å². The normalized spacial score (nSPS) is 12.9. The third-order valence-electron chi connectivity index (χ3n) is 2.62. The van der Waals surface area contributed by atoms with Crippen LogP contribution in [0.1, 0.15) is 13.3 Å². The first-order valence-electron chi connectivity index (χ1n) is 5.13. The molecule has 0 spiro atoms. The molecule has 8 heteroatoms. The van der Waals surface area contributed by atoms with Gasteiger partial charge < -0.3 is 10.2 Å². The highest BCUT2D eigenvalue weighted by molar-refractivity contribution is 7.89. The van der Waals surface area contributed by atoms with Gasteiger partial charge in [0.25, 0.3) is 0 Å². The number of nitrogens with zero attached hydrogens (tertiary/aromatic N) is 2. The van der Waals surface area contributed by atoms with E-state index in [4.69, 9.17) is 0 Å². The summed E-state index contributed by atoms with van der Waals surface area (Å²) in [6, 6.07) is 0. The van der Waals surface area contributed by atoms with Crippen LogP contribution < -0.4 is 4.72 Å². The fraction of sp³-hybridized carbons (Fsp3) is 0.667. The Hall–Kier alpha value is -0.960. The summed E-state index contributed by atoms with van der Waals surface area (Å²) >= 11 is 0. The second-order valence-corrected chi connectivity index (χ2v) is 5.59. The number of hydrogen-bond donors (Lipinski definition) is 3. The quantitative estimate of drug-likeness (QED) is 0.600. The van der Waals surface area contributed by atoms with Crippen molar-refractivity contribution >= 4 is 10.0 Å². The molecule has 7 nitrogen and oxygen atoms in total. The standard InChI is InChI=1S/C9H17N3O4S/c1-3-9(6-13,7-14)11-17(15,16)8-4-10-12(2)5-8/h4-5,11,13-14H,3,6-7H2,1-2H3. The van der Waals surface area contributed by atoms with Crippen molar-refractivity contribution in [2.75, 3.05) is 13.2 Å². The highest BCUT2D eigenvalue weighted by Gasteiger charge is 2.33. The molecule has 0 atom stereocenters. The maximum atomic E-state index is 12.0. The molecule has 3 N–H and O–H groups in total. The Bertz CT molecular complexity index is 456.